The van der Waals surface area contributed by atoms with Crippen LogP contribution in [0.15, 0.2) is 54.9 Å². The van der Waals surface area contributed by atoms with Crippen molar-refractivity contribution in [2.45, 2.75) is 6.54 Å². The van der Waals surface area contributed by atoms with Gasteiger partial charge in [0.25, 0.3) is 11.6 Å². The van der Waals surface area contributed by atoms with E-state index >= 15 is 0 Å². The predicted molar refractivity (Wildman–Crippen MR) is 85.6 cm³/mol. The van der Waals surface area contributed by atoms with E-state index in [0.717, 1.165) is 17.8 Å². The van der Waals surface area contributed by atoms with Crippen molar-refractivity contribution in [1.82, 2.24) is 20.1 Å². The molecule has 0 aliphatic rings. The van der Waals surface area contributed by atoms with Crippen molar-refractivity contribution in [2.24, 2.45) is 0 Å². The summed E-state index contributed by atoms with van der Waals surface area (Å²) in [5.41, 5.74) is 0.118. The van der Waals surface area contributed by atoms with Crippen LogP contribution in [0, 0.1) is 15.9 Å². The summed E-state index contributed by atoms with van der Waals surface area (Å²) < 4.78 is 15.6. The Hall–Kier alpha value is -3.62. The molecule has 1 N–H and O–H groups in total. The lowest BCUT2D eigenvalue weighted by atomic mass is 10.2. The SMILES string of the molecule is O=C(NCc1nncn1-c1ccccc1)c1ccc([N+](=O)[O-])cc1F. The summed E-state index contributed by atoms with van der Waals surface area (Å²) in [4.78, 5) is 22.0. The summed E-state index contributed by atoms with van der Waals surface area (Å²) in [6.45, 7) is 0.0180. The molecule has 0 aliphatic heterocycles. The zero-order valence-corrected chi connectivity index (χ0v) is 12.8. The molecular weight excluding hydrogens is 329 g/mol. The van der Waals surface area contributed by atoms with Crippen LogP contribution in [0.2, 0.25) is 0 Å². The zero-order valence-electron chi connectivity index (χ0n) is 12.8. The third-order valence-electron chi connectivity index (χ3n) is 3.47. The molecule has 3 aromatic rings. The molecule has 3 rings (SSSR count). The molecule has 0 unspecified atom stereocenters. The Kier molecular flexibility index (Phi) is 4.46. The number of nitrogens with one attached hydrogen (secondary N) is 1. The van der Waals surface area contributed by atoms with E-state index in [-0.39, 0.29) is 12.1 Å². The molecular formula is C16H12FN5O3. The van der Waals surface area contributed by atoms with Crippen molar-refractivity contribution in [3.05, 3.63) is 82.2 Å². The van der Waals surface area contributed by atoms with E-state index in [1.165, 1.54) is 6.33 Å². The first-order chi connectivity index (χ1) is 12.1. The highest BCUT2D eigenvalue weighted by Crippen LogP contribution is 2.16. The first kappa shape index (κ1) is 16.2. The second kappa shape index (κ2) is 6.87. The third kappa shape index (κ3) is 3.50. The van der Waals surface area contributed by atoms with Gasteiger partial charge in [-0.3, -0.25) is 19.5 Å². The quantitative estimate of drug-likeness (QED) is 0.566. The Bertz CT molecular complexity index is 927. The minimum Gasteiger partial charge on any atom is -0.345 e. The van der Waals surface area contributed by atoms with Gasteiger partial charge in [0.05, 0.1) is 23.1 Å². The first-order valence-electron chi connectivity index (χ1n) is 7.22. The molecule has 0 radical (unpaired) electrons. The normalized spacial score (nSPS) is 10.4. The number of aromatic nitrogens is 3. The van der Waals surface area contributed by atoms with Crippen LogP contribution in [0.3, 0.4) is 0 Å². The van der Waals surface area contributed by atoms with Gasteiger partial charge in [0, 0.05) is 11.8 Å². The van der Waals surface area contributed by atoms with Crippen LogP contribution < -0.4 is 5.32 Å². The van der Waals surface area contributed by atoms with Crippen LogP contribution >= 0.6 is 0 Å². The fraction of sp³-hybridized carbons (Fsp3) is 0.0625. The van der Waals surface area contributed by atoms with Gasteiger partial charge in [-0.2, -0.15) is 0 Å². The number of hydrogen-bond donors (Lipinski definition) is 1. The van der Waals surface area contributed by atoms with Gasteiger partial charge >= 0.3 is 0 Å². The van der Waals surface area contributed by atoms with E-state index in [2.05, 4.69) is 15.5 Å². The van der Waals surface area contributed by atoms with Crippen molar-refractivity contribution < 1.29 is 14.1 Å². The van der Waals surface area contributed by atoms with Gasteiger partial charge in [0.1, 0.15) is 12.1 Å². The second-order valence-corrected chi connectivity index (χ2v) is 5.06. The summed E-state index contributed by atoms with van der Waals surface area (Å²) in [5.74, 6) is -1.20. The maximum absolute atomic E-state index is 13.9. The van der Waals surface area contributed by atoms with Crippen LogP contribution in [-0.2, 0) is 6.54 Å². The monoisotopic (exact) mass is 341 g/mol. The number of nitro benzene ring substituents is 1. The van der Waals surface area contributed by atoms with Crippen molar-refractivity contribution in [1.29, 1.82) is 0 Å². The maximum Gasteiger partial charge on any atom is 0.272 e. The second-order valence-electron chi connectivity index (χ2n) is 5.06. The molecule has 0 saturated heterocycles. The molecule has 25 heavy (non-hydrogen) atoms. The summed E-state index contributed by atoms with van der Waals surface area (Å²) in [6.07, 6.45) is 1.50. The number of carbonyl (C=O) groups is 1. The van der Waals surface area contributed by atoms with E-state index in [9.17, 15) is 19.3 Å². The number of nitro groups is 1. The molecule has 0 bridgehead atoms. The minimum atomic E-state index is -0.962. The van der Waals surface area contributed by atoms with E-state index < -0.39 is 22.3 Å². The van der Waals surface area contributed by atoms with Crippen LogP contribution in [0.1, 0.15) is 16.2 Å². The predicted octanol–water partition coefficient (Wildman–Crippen LogP) is 2.24. The van der Waals surface area contributed by atoms with E-state index in [4.69, 9.17) is 0 Å². The topological polar surface area (TPSA) is 103 Å². The molecule has 0 aliphatic carbocycles. The highest BCUT2D eigenvalue weighted by molar-refractivity contribution is 5.94. The number of hydrogen-bond acceptors (Lipinski definition) is 5. The number of para-hydroxylation sites is 1. The fourth-order valence-corrected chi connectivity index (χ4v) is 2.24. The molecule has 8 nitrogen and oxygen atoms in total. The Balaban J connectivity index is 1.74. The largest absolute Gasteiger partial charge is 0.345 e. The summed E-state index contributed by atoms with van der Waals surface area (Å²) >= 11 is 0. The van der Waals surface area contributed by atoms with E-state index in [1.54, 1.807) is 4.57 Å². The molecule has 0 fully saturated rings. The third-order valence-corrected chi connectivity index (χ3v) is 3.47. The average Bonchev–Trinajstić information content (AvgIpc) is 3.09. The highest BCUT2D eigenvalue weighted by atomic mass is 19.1. The van der Waals surface area contributed by atoms with Crippen LogP contribution in [0.25, 0.3) is 5.69 Å². The molecule has 0 saturated carbocycles. The van der Waals surface area contributed by atoms with Gasteiger partial charge in [-0.25, -0.2) is 4.39 Å². The van der Waals surface area contributed by atoms with Crippen LogP contribution in [-0.4, -0.2) is 25.6 Å². The number of non-ortho nitro benzene ring substituents is 1. The van der Waals surface area contributed by atoms with Crippen molar-refractivity contribution in [3.8, 4) is 5.69 Å². The van der Waals surface area contributed by atoms with Gasteiger partial charge in [-0.1, -0.05) is 18.2 Å². The minimum absolute atomic E-state index is 0.0180. The summed E-state index contributed by atoms with van der Waals surface area (Å²) in [6, 6.07) is 12.1. The first-order valence-corrected chi connectivity index (χ1v) is 7.22. The van der Waals surface area contributed by atoms with Gasteiger partial charge < -0.3 is 5.32 Å². The molecule has 1 heterocycles. The number of carbonyl (C=O) groups excluding carboxylic acids is 1. The number of rotatable bonds is 5. The molecule has 0 atom stereocenters. The molecule has 9 heteroatoms. The zero-order chi connectivity index (χ0) is 17.8. The lowest BCUT2D eigenvalue weighted by molar-refractivity contribution is -0.385. The molecule has 0 spiro atoms. The highest BCUT2D eigenvalue weighted by Gasteiger charge is 2.17. The number of benzene rings is 2. The van der Waals surface area contributed by atoms with Gasteiger partial charge in [-0.15, -0.1) is 10.2 Å². The van der Waals surface area contributed by atoms with Crippen molar-refractivity contribution in [3.63, 3.8) is 0 Å². The van der Waals surface area contributed by atoms with E-state index in [1.807, 2.05) is 30.3 Å². The average molecular weight is 341 g/mol. The fourth-order valence-electron chi connectivity index (χ4n) is 2.24. The smallest absolute Gasteiger partial charge is 0.272 e. The van der Waals surface area contributed by atoms with E-state index in [0.29, 0.717) is 11.9 Å². The Morgan fingerprint density at radius 1 is 1.24 bits per heavy atom. The molecule has 2 aromatic carbocycles. The van der Waals surface area contributed by atoms with Gasteiger partial charge in [0.15, 0.2) is 5.82 Å². The van der Waals surface area contributed by atoms with Crippen molar-refractivity contribution >= 4 is 11.6 Å². The molecule has 1 aromatic heterocycles. The molecule has 126 valence electrons. The van der Waals surface area contributed by atoms with Crippen LogP contribution in [0.4, 0.5) is 10.1 Å². The Labute approximate surface area is 141 Å². The van der Waals surface area contributed by atoms with Crippen molar-refractivity contribution in [2.75, 3.05) is 0 Å². The standard InChI is InChI=1S/C16H12FN5O3/c17-14-8-12(22(24)25)6-7-13(14)16(23)18-9-15-20-19-10-21(15)11-4-2-1-3-5-11/h1-8,10H,9H2,(H,18,23). The number of nitrogens with zero attached hydrogens (tertiary/aromatic N) is 4. The maximum atomic E-state index is 13.9. The van der Waals surface area contributed by atoms with Crippen LogP contribution in [0.5, 0.6) is 0 Å². The number of halogens is 1. The van der Waals surface area contributed by atoms with Gasteiger partial charge in [0.2, 0.25) is 0 Å². The lowest BCUT2D eigenvalue weighted by Crippen LogP contribution is -2.25. The Morgan fingerprint density at radius 3 is 2.68 bits per heavy atom. The summed E-state index contributed by atoms with van der Waals surface area (Å²) in [7, 11) is 0. The molecule has 1 amide bonds. The number of amides is 1. The van der Waals surface area contributed by atoms with Gasteiger partial charge in [-0.05, 0) is 18.2 Å². The lowest BCUT2D eigenvalue weighted by Gasteiger charge is -2.08. The Morgan fingerprint density at radius 2 is 2.00 bits per heavy atom. The summed E-state index contributed by atoms with van der Waals surface area (Å²) in [5, 5.41) is 20.9.